The maximum Gasteiger partial charge on any atom is 0.258 e. The summed E-state index contributed by atoms with van der Waals surface area (Å²) in [6.07, 6.45) is 0. The van der Waals surface area contributed by atoms with Gasteiger partial charge in [-0.2, -0.15) is 0 Å². The maximum atomic E-state index is 13.1. The first-order valence-electron chi connectivity index (χ1n) is 10.4. The van der Waals surface area contributed by atoms with Gasteiger partial charge in [-0.25, -0.2) is 0 Å². The van der Waals surface area contributed by atoms with Crippen LogP contribution in [0.15, 0.2) is 84.0 Å². The highest BCUT2D eigenvalue weighted by Crippen LogP contribution is 2.27. The monoisotopic (exact) mass is 476 g/mol. The van der Waals surface area contributed by atoms with Crippen molar-refractivity contribution in [1.29, 1.82) is 0 Å². The second-order valence-corrected chi connectivity index (χ2v) is 8.48. The Bertz CT molecular complexity index is 1290. The van der Waals surface area contributed by atoms with Crippen LogP contribution >= 0.6 is 23.4 Å². The average molecular weight is 477 g/mol. The number of thioether (sulfide) groups is 1. The lowest BCUT2D eigenvalue weighted by molar-refractivity contribution is 0.0995. The number of anilines is 1. The first kappa shape index (κ1) is 22.8. The Morgan fingerprint density at radius 2 is 1.58 bits per heavy atom. The molecule has 0 aliphatic carbocycles. The quantitative estimate of drug-likeness (QED) is 0.259. The van der Waals surface area contributed by atoms with Crippen LogP contribution in [0.3, 0.4) is 0 Å². The van der Waals surface area contributed by atoms with Gasteiger partial charge in [-0.3, -0.25) is 19.5 Å². The van der Waals surface area contributed by atoms with Gasteiger partial charge in [0.15, 0.2) is 10.9 Å². The molecule has 1 aromatic heterocycles. The number of halogens is 1. The van der Waals surface area contributed by atoms with Crippen molar-refractivity contribution >= 4 is 41.0 Å². The number of benzene rings is 3. The van der Waals surface area contributed by atoms with Crippen molar-refractivity contribution in [2.24, 2.45) is 0 Å². The summed E-state index contributed by atoms with van der Waals surface area (Å²) in [5, 5.41) is 12.6. The van der Waals surface area contributed by atoms with E-state index in [2.05, 4.69) is 15.5 Å². The molecule has 0 fully saturated rings. The fraction of sp³-hybridized carbons (Fsp3) is 0.120. The number of hydrogen-bond donors (Lipinski definition) is 1. The third-order valence-electron chi connectivity index (χ3n) is 5.03. The molecule has 1 N–H and O–H groups in total. The number of nitrogens with one attached hydrogen (secondary N) is 1. The predicted octanol–water partition coefficient (Wildman–Crippen LogP) is 5.73. The molecule has 1 heterocycles. The standard InChI is InChI=1S/C25H21ClN4O2S/c1-2-30-24(28-29-25(30)33-16-18-12-6-9-15-21(18)26)27-23(32)20-14-8-7-13-19(20)22(31)17-10-4-3-5-11-17/h3-15H,2,16H2,1H3,(H,27,28,32). The van der Waals surface area contributed by atoms with E-state index in [1.165, 1.54) is 11.8 Å². The number of rotatable bonds is 8. The normalized spacial score (nSPS) is 10.7. The largest absolute Gasteiger partial charge is 0.290 e. The van der Waals surface area contributed by atoms with Crippen molar-refractivity contribution in [2.75, 3.05) is 5.32 Å². The summed E-state index contributed by atoms with van der Waals surface area (Å²) < 4.78 is 1.82. The molecule has 4 rings (SSSR count). The number of aromatic nitrogens is 3. The van der Waals surface area contributed by atoms with Crippen molar-refractivity contribution in [2.45, 2.75) is 24.4 Å². The number of nitrogens with zero attached hydrogens (tertiary/aromatic N) is 3. The van der Waals surface area contributed by atoms with Gasteiger partial charge in [0, 0.05) is 28.4 Å². The Hall–Kier alpha value is -3.42. The van der Waals surface area contributed by atoms with E-state index in [-0.39, 0.29) is 11.3 Å². The second kappa shape index (κ2) is 10.5. The Kier molecular flexibility index (Phi) is 7.22. The van der Waals surface area contributed by atoms with Crippen LogP contribution < -0.4 is 5.32 Å². The van der Waals surface area contributed by atoms with E-state index in [9.17, 15) is 9.59 Å². The summed E-state index contributed by atoms with van der Waals surface area (Å²) in [6.45, 7) is 2.52. The van der Waals surface area contributed by atoms with Gasteiger partial charge in [-0.1, -0.05) is 90.1 Å². The first-order chi connectivity index (χ1) is 16.1. The van der Waals surface area contributed by atoms with Crippen molar-refractivity contribution in [3.8, 4) is 0 Å². The molecule has 3 aromatic carbocycles. The van der Waals surface area contributed by atoms with Crippen molar-refractivity contribution < 1.29 is 9.59 Å². The molecule has 0 atom stereocenters. The minimum Gasteiger partial charge on any atom is -0.290 e. The Balaban J connectivity index is 1.54. The number of amides is 1. The van der Waals surface area contributed by atoms with E-state index in [1.54, 1.807) is 48.5 Å². The van der Waals surface area contributed by atoms with Crippen LogP contribution in [0.4, 0.5) is 5.95 Å². The van der Waals surface area contributed by atoms with Crippen LogP contribution in [-0.4, -0.2) is 26.5 Å². The van der Waals surface area contributed by atoms with Crippen LogP contribution in [0.25, 0.3) is 0 Å². The number of ketones is 1. The summed E-state index contributed by atoms with van der Waals surface area (Å²) in [6, 6.07) is 23.3. The zero-order valence-corrected chi connectivity index (χ0v) is 19.4. The summed E-state index contributed by atoms with van der Waals surface area (Å²) >= 11 is 7.74. The molecule has 0 aliphatic rings. The number of carbonyl (C=O) groups is 2. The van der Waals surface area contributed by atoms with Gasteiger partial charge in [-0.05, 0) is 24.6 Å². The highest BCUT2D eigenvalue weighted by atomic mass is 35.5. The fourth-order valence-electron chi connectivity index (χ4n) is 3.32. The van der Waals surface area contributed by atoms with Gasteiger partial charge in [0.2, 0.25) is 5.95 Å². The Morgan fingerprint density at radius 3 is 2.30 bits per heavy atom. The minimum absolute atomic E-state index is 0.214. The lowest BCUT2D eigenvalue weighted by atomic mass is 9.98. The van der Waals surface area contributed by atoms with Crippen LogP contribution in [-0.2, 0) is 12.3 Å². The fourth-order valence-corrected chi connectivity index (χ4v) is 4.61. The highest BCUT2D eigenvalue weighted by molar-refractivity contribution is 7.98. The lowest BCUT2D eigenvalue weighted by Crippen LogP contribution is -2.19. The van der Waals surface area contributed by atoms with Gasteiger partial charge in [-0.15, -0.1) is 10.2 Å². The van der Waals surface area contributed by atoms with E-state index < -0.39 is 5.91 Å². The van der Waals surface area contributed by atoms with Crippen molar-refractivity contribution in [1.82, 2.24) is 14.8 Å². The summed E-state index contributed by atoms with van der Waals surface area (Å²) in [5.41, 5.74) is 2.13. The van der Waals surface area contributed by atoms with E-state index in [1.807, 2.05) is 41.8 Å². The molecule has 33 heavy (non-hydrogen) atoms. The van der Waals surface area contributed by atoms with Crippen molar-refractivity contribution in [3.05, 3.63) is 106 Å². The zero-order chi connectivity index (χ0) is 23.2. The highest BCUT2D eigenvalue weighted by Gasteiger charge is 2.20. The lowest BCUT2D eigenvalue weighted by Gasteiger charge is -2.11. The summed E-state index contributed by atoms with van der Waals surface area (Å²) in [7, 11) is 0. The molecular formula is C25H21ClN4O2S. The van der Waals surface area contributed by atoms with E-state index >= 15 is 0 Å². The van der Waals surface area contributed by atoms with Gasteiger partial charge in [0.25, 0.3) is 5.91 Å². The van der Waals surface area contributed by atoms with E-state index in [0.717, 1.165) is 5.56 Å². The number of hydrogen-bond acceptors (Lipinski definition) is 5. The molecule has 6 nitrogen and oxygen atoms in total. The topological polar surface area (TPSA) is 76.9 Å². The maximum absolute atomic E-state index is 13.1. The Morgan fingerprint density at radius 1 is 0.909 bits per heavy atom. The third kappa shape index (κ3) is 5.16. The molecule has 0 bridgehead atoms. The molecule has 0 aliphatic heterocycles. The van der Waals surface area contributed by atoms with Crippen LogP contribution in [0.5, 0.6) is 0 Å². The van der Waals surface area contributed by atoms with Crippen LogP contribution in [0.1, 0.15) is 38.8 Å². The molecule has 0 radical (unpaired) electrons. The van der Waals surface area contributed by atoms with E-state index in [4.69, 9.17) is 11.6 Å². The molecule has 0 spiro atoms. The number of carbonyl (C=O) groups excluding carboxylic acids is 2. The molecular weight excluding hydrogens is 456 g/mol. The first-order valence-corrected chi connectivity index (χ1v) is 11.7. The molecule has 1 amide bonds. The smallest absolute Gasteiger partial charge is 0.258 e. The average Bonchev–Trinajstić information content (AvgIpc) is 3.24. The molecule has 4 aromatic rings. The molecule has 0 unspecified atom stereocenters. The molecule has 0 saturated carbocycles. The minimum atomic E-state index is -0.417. The zero-order valence-electron chi connectivity index (χ0n) is 17.9. The van der Waals surface area contributed by atoms with Gasteiger partial charge >= 0.3 is 0 Å². The van der Waals surface area contributed by atoms with Gasteiger partial charge in [0.1, 0.15) is 0 Å². The van der Waals surface area contributed by atoms with E-state index in [0.29, 0.717) is 39.6 Å². The molecule has 166 valence electrons. The van der Waals surface area contributed by atoms with Crippen molar-refractivity contribution in [3.63, 3.8) is 0 Å². The second-order valence-electron chi connectivity index (χ2n) is 7.13. The van der Waals surface area contributed by atoms with Crippen LogP contribution in [0.2, 0.25) is 5.02 Å². The molecule has 0 saturated heterocycles. The summed E-state index contributed by atoms with van der Waals surface area (Å²) in [4.78, 5) is 26.1. The summed E-state index contributed by atoms with van der Waals surface area (Å²) in [5.74, 6) is 0.320. The van der Waals surface area contributed by atoms with Crippen LogP contribution in [0, 0.1) is 0 Å². The van der Waals surface area contributed by atoms with Gasteiger partial charge < -0.3 is 0 Å². The molecule has 8 heteroatoms. The van der Waals surface area contributed by atoms with Gasteiger partial charge in [0.05, 0.1) is 5.56 Å². The third-order valence-corrected chi connectivity index (χ3v) is 6.41. The SMILES string of the molecule is CCn1c(NC(=O)c2ccccc2C(=O)c2ccccc2)nnc1SCc1ccccc1Cl. The predicted molar refractivity (Wildman–Crippen MR) is 131 cm³/mol. The Labute approximate surface area is 201 Å².